The van der Waals surface area contributed by atoms with Crippen LogP contribution < -0.4 is 0 Å². The standard InChI is InChI=1S/C20H30O4/c1-16-6-3-7-19(12-24-15(16)21)14(16)5-8-18-10-13(17(2,22)11-18)4-9-20(18,19)23/h13-14,22-23H,3-12H2,1-2H3. The maximum absolute atomic E-state index is 12.6. The van der Waals surface area contributed by atoms with Gasteiger partial charge in [-0.2, -0.15) is 0 Å². The number of hydrogen-bond acceptors (Lipinski definition) is 4. The van der Waals surface area contributed by atoms with E-state index in [0.29, 0.717) is 18.9 Å². The van der Waals surface area contributed by atoms with Crippen molar-refractivity contribution in [3.63, 3.8) is 0 Å². The first-order chi connectivity index (χ1) is 11.2. The Morgan fingerprint density at radius 3 is 2.67 bits per heavy atom. The maximum atomic E-state index is 12.6. The molecule has 5 aliphatic rings. The lowest BCUT2D eigenvalue weighted by Crippen LogP contribution is -2.73. The van der Waals surface area contributed by atoms with Crippen LogP contribution in [0.1, 0.15) is 71.6 Å². The van der Waals surface area contributed by atoms with E-state index in [0.717, 1.165) is 51.4 Å². The smallest absolute Gasteiger partial charge is 0.312 e. The van der Waals surface area contributed by atoms with E-state index >= 15 is 0 Å². The number of carbonyl (C=O) groups excluding carboxylic acids is 1. The molecular weight excluding hydrogens is 304 g/mol. The summed E-state index contributed by atoms with van der Waals surface area (Å²) >= 11 is 0. The average molecular weight is 334 g/mol. The van der Waals surface area contributed by atoms with Gasteiger partial charge in [0, 0.05) is 10.8 Å². The van der Waals surface area contributed by atoms with Crippen molar-refractivity contribution >= 4 is 5.97 Å². The third-order valence-corrected chi connectivity index (χ3v) is 9.36. The molecule has 0 aromatic heterocycles. The summed E-state index contributed by atoms with van der Waals surface area (Å²) in [6.45, 7) is 4.43. The van der Waals surface area contributed by atoms with E-state index in [4.69, 9.17) is 4.74 Å². The molecule has 134 valence electrons. The number of hydrogen-bond donors (Lipinski definition) is 2. The minimum absolute atomic E-state index is 0.0468. The zero-order valence-corrected chi connectivity index (χ0v) is 14.9. The van der Waals surface area contributed by atoms with Gasteiger partial charge in [-0.25, -0.2) is 0 Å². The molecule has 4 aliphatic carbocycles. The van der Waals surface area contributed by atoms with E-state index in [-0.39, 0.29) is 22.7 Å². The van der Waals surface area contributed by atoms with E-state index < -0.39 is 16.6 Å². The molecule has 1 aliphatic heterocycles. The molecule has 0 aromatic carbocycles. The third-order valence-electron chi connectivity index (χ3n) is 9.36. The zero-order chi connectivity index (χ0) is 17.0. The molecule has 1 heterocycles. The lowest BCUT2D eigenvalue weighted by Gasteiger charge is -2.69. The molecule has 1 spiro atoms. The van der Waals surface area contributed by atoms with Gasteiger partial charge in [0.25, 0.3) is 0 Å². The van der Waals surface area contributed by atoms with Gasteiger partial charge in [0.2, 0.25) is 0 Å². The second kappa shape index (κ2) is 4.20. The summed E-state index contributed by atoms with van der Waals surface area (Å²) in [6.07, 6.45) is 8.11. The molecule has 1 saturated heterocycles. The first kappa shape index (κ1) is 15.6. The van der Waals surface area contributed by atoms with Crippen LogP contribution in [0.25, 0.3) is 0 Å². The van der Waals surface area contributed by atoms with Gasteiger partial charge in [0.15, 0.2) is 0 Å². The van der Waals surface area contributed by atoms with Crippen LogP contribution in [0.3, 0.4) is 0 Å². The lowest BCUT2D eigenvalue weighted by molar-refractivity contribution is -0.299. The molecule has 0 radical (unpaired) electrons. The maximum Gasteiger partial charge on any atom is 0.312 e. The summed E-state index contributed by atoms with van der Waals surface area (Å²) < 4.78 is 5.72. The normalized spacial score (nSPS) is 61.8. The molecule has 0 aromatic rings. The van der Waals surface area contributed by atoms with Crippen LogP contribution in [0, 0.1) is 28.1 Å². The van der Waals surface area contributed by atoms with Gasteiger partial charge in [0.1, 0.15) is 0 Å². The quantitative estimate of drug-likeness (QED) is 0.669. The first-order valence-corrected chi connectivity index (χ1v) is 9.81. The molecule has 7 unspecified atom stereocenters. The summed E-state index contributed by atoms with van der Waals surface area (Å²) in [4.78, 5) is 12.6. The van der Waals surface area contributed by atoms with E-state index in [1.54, 1.807) is 0 Å². The summed E-state index contributed by atoms with van der Waals surface area (Å²) in [6, 6.07) is 0. The largest absolute Gasteiger partial charge is 0.465 e. The number of cyclic esters (lactones) is 1. The molecule has 2 N–H and O–H groups in total. The third kappa shape index (κ3) is 1.45. The van der Waals surface area contributed by atoms with Crippen LogP contribution in [-0.4, -0.2) is 34.0 Å². The van der Waals surface area contributed by atoms with Crippen molar-refractivity contribution in [2.24, 2.45) is 28.1 Å². The van der Waals surface area contributed by atoms with Gasteiger partial charge in [-0.3, -0.25) is 4.79 Å². The van der Waals surface area contributed by atoms with Crippen LogP contribution in [0.4, 0.5) is 0 Å². The van der Waals surface area contributed by atoms with Gasteiger partial charge in [0.05, 0.1) is 23.2 Å². The molecule has 4 nitrogen and oxygen atoms in total. The van der Waals surface area contributed by atoms with Gasteiger partial charge in [-0.15, -0.1) is 0 Å². The molecular formula is C20H30O4. The molecule has 4 bridgehead atoms. The van der Waals surface area contributed by atoms with E-state index in [9.17, 15) is 15.0 Å². The van der Waals surface area contributed by atoms with Crippen molar-refractivity contribution in [3.8, 4) is 0 Å². The summed E-state index contributed by atoms with van der Waals surface area (Å²) in [5.74, 6) is 0.499. The molecule has 4 saturated carbocycles. The summed E-state index contributed by atoms with van der Waals surface area (Å²) in [5, 5.41) is 23.1. The number of aliphatic hydroxyl groups is 2. The highest BCUT2D eigenvalue weighted by molar-refractivity contribution is 5.78. The van der Waals surface area contributed by atoms with Gasteiger partial charge in [-0.1, -0.05) is 6.42 Å². The van der Waals surface area contributed by atoms with E-state index in [1.165, 1.54) is 0 Å². The zero-order valence-electron chi connectivity index (χ0n) is 14.9. The van der Waals surface area contributed by atoms with Crippen molar-refractivity contribution in [2.45, 2.75) is 82.8 Å². The fourth-order valence-corrected chi connectivity index (χ4v) is 8.28. The highest BCUT2D eigenvalue weighted by Gasteiger charge is 2.77. The van der Waals surface area contributed by atoms with Gasteiger partial charge < -0.3 is 14.9 Å². The Balaban J connectivity index is 1.66. The number of carbonyl (C=O) groups is 1. The van der Waals surface area contributed by atoms with Crippen molar-refractivity contribution in [1.29, 1.82) is 0 Å². The second-order valence-electron chi connectivity index (χ2n) is 10.2. The molecule has 24 heavy (non-hydrogen) atoms. The molecule has 0 amide bonds. The SMILES string of the molecule is CC1(O)CC23CCC4C5(C)CCCC4(COC5=O)C2(O)CCC1C3. The Hall–Kier alpha value is -0.610. The number of esters is 1. The predicted molar refractivity (Wildman–Crippen MR) is 88.0 cm³/mol. The van der Waals surface area contributed by atoms with Gasteiger partial charge in [-0.05, 0) is 77.0 Å². The fraction of sp³-hybridized carbons (Fsp3) is 0.950. The van der Waals surface area contributed by atoms with Crippen molar-refractivity contribution in [1.82, 2.24) is 0 Å². The van der Waals surface area contributed by atoms with E-state index in [1.807, 2.05) is 6.92 Å². The Morgan fingerprint density at radius 2 is 1.88 bits per heavy atom. The van der Waals surface area contributed by atoms with Crippen molar-refractivity contribution in [2.75, 3.05) is 6.61 Å². The Morgan fingerprint density at radius 1 is 1.08 bits per heavy atom. The fourth-order valence-electron chi connectivity index (χ4n) is 8.28. The van der Waals surface area contributed by atoms with Crippen molar-refractivity contribution in [3.05, 3.63) is 0 Å². The minimum atomic E-state index is -0.789. The topological polar surface area (TPSA) is 66.8 Å². The second-order valence-corrected chi connectivity index (χ2v) is 10.2. The highest BCUT2D eigenvalue weighted by atomic mass is 16.5. The number of rotatable bonds is 0. The van der Waals surface area contributed by atoms with Crippen LogP contribution >= 0.6 is 0 Å². The summed E-state index contributed by atoms with van der Waals surface area (Å²) in [7, 11) is 0. The van der Waals surface area contributed by atoms with Crippen LogP contribution in [0.15, 0.2) is 0 Å². The molecule has 7 atom stereocenters. The molecule has 5 fully saturated rings. The molecule has 5 rings (SSSR count). The average Bonchev–Trinajstić information content (AvgIpc) is 2.74. The van der Waals surface area contributed by atoms with Crippen LogP contribution in [0.5, 0.6) is 0 Å². The van der Waals surface area contributed by atoms with Crippen LogP contribution in [0.2, 0.25) is 0 Å². The van der Waals surface area contributed by atoms with Gasteiger partial charge >= 0.3 is 5.97 Å². The minimum Gasteiger partial charge on any atom is -0.465 e. The number of fused-ring (bicyclic) bond motifs is 1. The number of ether oxygens (including phenoxy) is 1. The monoisotopic (exact) mass is 334 g/mol. The Labute approximate surface area is 144 Å². The molecule has 4 heteroatoms. The first-order valence-electron chi connectivity index (χ1n) is 9.81. The van der Waals surface area contributed by atoms with E-state index in [2.05, 4.69) is 6.92 Å². The Kier molecular flexibility index (Phi) is 2.73. The Bertz CT molecular complexity index is 615. The predicted octanol–water partition coefficient (Wildman–Crippen LogP) is 2.80. The highest BCUT2D eigenvalue weighted by Crippen LogP contribution is 2.75. The summed E-state index contributed by atoms with van der Waals surface area (Å²) in [5.41, 5.74) is -2.35. The van der Waals surface area contributed by atoms with Crippen LogP contribution in [-0.2, 0) is 9.53 Å². The lowest BCUT2D eigenvalue weighted by atomic mass is 9.38. The van der Waals surface area contributed by atoms with Crippen molar-refractivity contribution < 1.29 is 19.7 Å².